The molecule has 1 saturated heterocycles. The van der Waals surface area contributed by atoms with Gasteiger partial charge in [0.2, 0.25) is 11.8 Å². The zero-order valence-electron chi connectivity index (χ0n) is 16.8. The Morgan fingerprint density at radius 1 is 1.14 bits per heavy atom. The lowest BCUT2D eigenvalue weighted by atomic mass is 9.89. The van der Waals surface area contributed by atoms with Gasteiger partial charge in [-0.2, -0.15) is 0 Å². The Balaban J connectivity index is 1.29. The Kier molecular flexibility index (Phi) is 6.71. The average molecular weight is 417 g/mol. The Morgan fingerprint density at radius 2 is 1.86 bits per heavy atom. The molecule has 0 radical (unpaired) electrons. The molecular formula is C21H28N4O3S. The van der Waals surface area contributed by atoms with E-state index >= 15 is 0 Å². The number of amides is 1. The second kappa shape index (κ2) is 9.63. The lowest BCUT2D eigenvalue weighted by molar-refractivity contribution is -0.115. The fourth-order valence-corrected chi connectivity index (χ4v) is 4.50. The van der Waals surface area contributed by atoms with Gasteiger partial charge < -0.3 is 19.4 Å². The number of carbonyl (C=O) groups excluding carboxylic acids is 1. The fourth-order valence-electron chi connectivity index (χ4n) is 3.81. The monoisotopic (exact) mass is 416 g/mol. The molecule has 1 amide bonds. The molecule has 2 aromatic rings. The number of benzene rings is 1. The third-order valence-corrected chi connectivity index (χ3v) is 6.47. The highest BCUT2D eigenvalue weighted by Gasteiger charge is 2.23. The highest BCUT2D eigenvalue weighted by molar-refractivity contribution is 8.00. The summed E-state index contributed by atoms with van der Waals surface area (Å²) < 4.78 is 11.2. The zero-order valence-corrected chi connectivity index (χ0v) is 17.6. The van der Waals surface area contributed by atoms with Crippen molar-refractivity contribution in [3.63, 3.8) is 0 Å². The smallest absolute Gasteiger partial charge is 0.277 e. The molecule has 8 heteroatoms. The molecule has 0 spiro atoms. The molecule has 156 valence electrons. The average Bonchev–Trinajstić information content (AvgIpc) is 3.24. The van der Waals surface area contributed by atoms with Gasteiger partial charge in [0.05, 0.1) is 18.5 Å². The van der Waals surface area contributed by atoms with Crippen LogP contribution in [-0.4, -0.2) is 47.7 Å². The predicted molar refractivity (Wildman–Crippen MR) is 114 cm³/mol. The number of rotatable bonds is 6. The molecule has 1 aliphatic heterocycles. The molecule has 2 fully saturated rings. The van der Waals surface area contributed by atoms with Crippen molar-refractivity contribution in [1.82, 2.24) is 10.2 Å². The first-order valence-electron chi connectivity index (χ1n) is 10.4. The van der Waals surface area contributed by atoms with Gasteiger partial charge in [-0.1, -0.05) is 31.0 Å². The number of nitrogens with one attached hydrogen (secondary N) is 1. The molecule has 1 aromatic carbocycles. The van der Waals surface area contributed by atoms with Gasteiger partial charge >= 0.3 is 0 Å². The number of nitrogens with zero attached hydrogens (tertiary/aromatic N) is 3. The van der Waals surface area contributed by atoms with Gasteiger partial charge in [-0.15, -0.1) is 10.2 Å². The van der Waals surface area contributed by atoms with E-state index in [-0.39, 0.29) is 11.2 Å². The summed E-state index contributed by atoms with van der Waals surface area (Å²) in [5, 5.41) is 11.5. The van der Waals surface area contributed by atoms with E-state index in [1.165, 1.54) is 31.0 Å². The summed E-state index contributed by atoms with van der Waals surface area (Å²) in [4.78, 5) is 14.8. The van der Waals surface area contributed by atoms with Crippen LogP contribution in [0.4, 0.5) is 11.4 Å². The molecule has 1 atom stereocenters. The first-order valence-corrected chi connectivity index (χ1v) is 11.3. The molecule has 1 aromatic heterocycles. The largest absolute Gasteiger partial charge is 0.416 e. The van der Waals surface area contributed by atoms with Gasteiger partial charge in [-0.25, -0.2) is 0 Å². The molecular weight excluding hydrogens is 388 g/mol. The van der Waals surface area contributed by atoms with Crippen LogP contribution in [0.5, 0.6) is 0 Å². The van der Waals surface area contributed by atoms with Crippen molar-refractivity contribution >= 4 is 29.0 Å². The topological polar surface area (TPSA) is 80.5 Å². The lowest BCUT2D eigenvalue weighted by Crippen LogP contribution is -2.36. The van der Waals surface area contributed by atoms with Gasteiger partial charge in [-0.05, 0) is 44.0 Å². The van der Waals surface area contributed by atoms with Crippen LogP contribution in [-0.2, 0) is 9.53 Å². The van der Waals surface area contributed by atoms with Crippen molar-refractivity contribution in [2.45, 2.75) is 55.4 Å². The predicted octanol–water partition coefficient (Wildman–Crippen LogP) is 4.07. The zero-order chi connectivity index (χ0) is 20.1. The van der Waals surface area contributed by atoms with Crippen LogP contribution < -0.4 is 10.2 Å². The SMILES string of the molecule is C[C@@H](Sc1nnc(C2CCCCC2)o1)C(=O)Nc1ccc(N2CCOCC2)cc1. The standard InChI is InChI=1S/C21H28N4O3S/c1-15(29-21-24-23-20(28-21)16-5-3-2-4-6-16)19(26)22-17-7-9-18(10-8-17)25-11-13-27-14-12-25/h7-10,15-16H,2-6,11-14H2,1H3,(H,22,26)/t15-/m1/s1. The van der Waals surface area contributed by atoms with Crippen molar-refractivity contribution in [2.24, 2.45) is 0 Å². The van der Waals surface area contributed by atoms with E-state index in [9.17, 15) is 4.79 Å². The van der Waals surface area contributed by atoms with E-state index in [1.807, 2.05) is 31.2 Å². The number of thioether (sulfide) groups is 1. The summed E-state index contributed by atoms with van der Waals surface area (Å²) in [5.74, 6) is 1.02. The number of carbonyl (C=O) groups is 1. The molecule has 0 unspecified atom stereocenters. The minimum Gasteiger partial charge on any atom is -0.416 e. The number of hydrogen-bond acceptors (Lipinski definition) is 7. The highest BCUT2D eigenvalue weighted by Crippen LogP contribution is 2.33. The van der Waals surface area contributed by atoms with Gasteiger partial charge in [-0.3, -0.25) is 4.79 Å². The second-order valence-corrected chi connectivity index (χ2v) is 8.93. The van der Waals surface area contributed by atoms with Gasteiger partial charge in [0.25, 0.3) is 5.22 Å². The first-order chi connectivity index (χ1) is 14.2. The number of hydrogen-bond donors (Lipinski definition) is 1. The Labute approximate surface area is 175 Å². The maximum absolute atomic E-state index is 12.6. The number of morpholine rings is 1. The van der Waals surface area contributed by atoms with Gasteiger partial charge in [0.15, 0.2) is 0 Å². The molecule has 29 heavy (non-hydrogen) atoms. The van der Waals surface area contributed by atoms with Crippen molar-refractivity contribution in [2.75, 3.05) is 36.5 Å². The second-order valence-electron chi connectivity index (χ2n) is 7.64. The first kappa shape index (κ1) is 20.2. The minimum absolute atomic E-state index is 0.0773. The summed E-state index contributed by atoms with van der Waals surface area (Å²) in [7, 11) is 0. The summed E-state index contributed by atoms with van der Waals surface area (Å²) >= 11 is 1.31. The van der Waals surface area contributed by atoms with E-state index in [2.05, 4.69) is 20.4 Å². The normalized spacial score (nSPS) is 19.1. The van der Waals surface area contributed by atoms with Crippen molar-refractivity contribution in [3.8, 4) is 0 Å². The third-order valence-electron chi connectivity index (χ3n) is 5.53. The molecule has 7 nitrogen and oxygen atoms in total. The van der Waals surface area contributed by atoms with Crippen molar-refractivity contribution in [1.29, 1.82) is 0 Å². The molecule has 4 rings (SSSR count). The van der Waals surface area contributed by atoms with E-state index < -0.39 is 0 Å². The van der Waals surface area contributed by atoms with Crippen LogP contribution in [0.1, 0.15) is 50.8 Å². The quantitative estimate of drug-likeness (QED) is 0.711. The van der Waals surface area contributed by atoms with Crippen LogP contribution in [0.15, 0.2) is 33.9 Å². The summed E-state index contributed by atoms with van der Waals surface area (Å²) in [6.07, 6.45) is 5.96. The van der Waals surface area contributed by atoms with Gasteiger partial charge in [0, 0.05) is 30.4 Å². The number of ether oxygens (including phenoxy) is 1. The number of aromatic nitrogens is 2. The molecule has 2 aliphatic rings. The van der Waals surface area contributed by atoms with Crippen molar-refractivity contribution < 1.29 is 13.9 Å². The summed E-state index contributed by atoms with van der Waals surface area (Å²) in [5.41, 5.74) is 1.93. The van der Waals surface area contributed by atoms with Crippen LogP contribution in [0.3, 0.4) is 0 Å². The molecule has 0 bridgehead atoms. The van der Waals surface area contributed by atoms with Crippen LogP contribution in [0, 0.1) is 0 Å². The number of anilines is 2. The summed E-state index contributed by atoms with van der Waals surface area (Å²) in [6, 6.07) is 7.95. The Hall–Kier alpha value is -2.06. The third kappa shape index (κ3) is 5.30. The molecule has 1 aliphatic carbocycles. The Morgan fingerprint density at radius 3 is 2.59 bits per heavy atom. The molecule has 1 saturated carbocycles. The highest BCUT2D eigenvalue weighted by atomic mass is 32.2. The molecule has 2 heterocycles. The van der Waals surface area contributed by atoms with Crippen LogP contribution >= 0.6 is 11.8 Å². The van der Waals surface area contributed by atoms with E-state index in [0.29, 0.717) is 11.1 Å². The van der Waals surface area contributed by atoms with Crippen molar-refractivity contribution in [3.05, 3.63) is 30.2 Å². The van der Waals surface area contributed by atoms with Gasteiger partial charge in [0.1, 0.15) is 0 Å². The maximum Gasteiger partial charge on any atom is 0.277 e. The lowest BCUT2D eigenvalue weighted by Gasteiger charge is -2.28. The van der Waals surface area contributed by atoms with E-state index in [4.69, 9.17) is 9.15 Å². The Bertz CT molecular complexity index is 799. The summed E-state index contributed by atoms with van der Waals surface area (Å²) in [6.45, 7) is 5.15. The van der Waals surface area contributed by atoms with E-state index in [0.717, 1.165) is 56.4 Å². The van der Waals surface area contributed by atoms with E-state index in [1.54, 1.807) is 0 Å². The van der Waals surface area contributed by atoms with Crippen LogP contribution in [0.2, 0.25) is 0 Å². The fraction of sp³-hybridized carbons (Fsp3) is 0.571. The minimum atomic E-state index is -0.325. The molecule has 1 N–H and O–H groups in total. The van der Waals surface area contributed by atoms with Crippen LogP contribution in [0.25, 0.3) is 0 Å². The maximum atomic E-state index is 12.6.